The van der Waals surface area contributed by atoms with E-state index in [0.29, 0.717) is 18.5 Å². The molecule has 1 atom stereocenters. The molecule has 2 aromatic rings. The summed E-state index contributed by atoms with van der Waals surface area (Å²) >= 11 is 0. The highest BCUT2D eigenvalue weighted by atomic mass is 19.4. The number of fused-ring (bicyclic) bond motifs is 1. The first-order valence-corrected chi connectivity index (χ1v) is 8.45. The number of hydrogen-bond donors (Lipinski definition) is 1. The van der Waals surface area contributed by atoms with E-state index in [1.165, 1.54) is 16.8 Å². The molecule has 3 rings (SSSR count). The second-order valence-electron chi connectivity index (χ2n) is 6.29. The summed E-state index contributed by atoms with van der Waals surface area (Å²) in [5.74, 6) is -0.553. The Kier molecular flexibility index (Phi) is 5.04. The Morgan fingerprint density at radius 2 is 2.12 bits per heavy atom. The molecule has 140 valence electrons. The number of benzene rings is 1. The van der Waals surface area contributed by atoms with Gasteiger partial charge in [-0.2, -0.15) is 18.3 Å². The summed E-state index contributed by atoms with van der Waals surface area (Å²) in [4.78, 5) is 12.2. The molecular weight excluding hydrogens is 347 g/mol. The van der Waals surface area contributed by atoms with Crippen molar-refractivity contribution in [1.29, 1.82) is 0 Å². The average Bonchev–Trinajstić information content (AvgIpc) is 2.92. The van der Waals surface area contributed by atoms with Gasteiger partial charge in [-0.1, -0.05) is 18.2 Å². The molecule has 26 heavy (non-hydrogen) atoms. The van der Waals surface area contributed by atoms with Crippen LogP contribution in [0.3, 0.4) is 0 Å². The largest absolute Gasteiger partial charge is 0.461 e. The van der Waals surface area contributed by atoms with Crippen LogP contribution in [0.1, 0.15) is 46.7 Å². The van der Waals surface area contributed by atoms with Gasteiger partial charge in [0.05, 0.1) is 18.7 Å². The van der Waals surface area contributed by atoms with E-state index in [2.05, 4.69) is 10.4 Å². The number of halogens is 3. The van der Waals surface area contributed by atoms with Gasteiger partial charge < -0.3 is 10.1 Å². The minimum atomic E-state index is -4.44. The van der Waals surface area contributed by atoms with Crippen LogP contribution in [-0.2, 0) is 30.4 Å². The number of hydrogen-bond acceptors (Lipinski definition) is 4. The van der Waals surface area contributed by atoms with Crippen LogP contribution in [0.4, 0.5) is 13.2 Å². The fourth-order valence-electron chi connectivity index (χ4n) is 3.18. The van der Waals surface area contributed by atoms with Gasteiger partial charge >= 0.3 is 12.1 Å². The van der Waals surface area contributed by atoms with Gasteiger partial charge in [-0.05, 0) is 25.5 Å². The molecule has 1 aliphatic rings. The second kappa shape index (κ2) is 7.11. The smallest absolute Gasteiger partial charge is 0.416 e. The first-order chi connectivity index (χ1) is 12.3. The van der Waals surface area contributed by atoms with Crippen LogP contribution in [0.15, 0.2) is 24.3 Å². The fourth-order valence-corrected chi connectivity index (χ4v) is 3.18. The molecule has 0 amide bonds. The van der Waals surface area contributed by atoms with Crippen LogP contribution < -0.4 is 5.32 Å². The van der Waals surface area contributed by atoms with Gasteiger partial charge in [0, 0.05) is 30.3 Å². The average molecular weight is 367 g/mol. The van der Waals surface area contributed by atoms with Crippen LogP contribution in [0, 0.1) is 0 Å². The van der Waals surface area contributed by atoms with Crippen LogP contribution >= 0.6 is 0 Å². The maximum absolute atomic E-state index is 13.3. The van der Waals surface area contributed by atoms with E-state index in [0.717, 1.165) is 11.8 Å². The van der Waals surface area contributed by atoms with E-state index in [9.17, 15) is 18.0 Å². The van der Waals surface area contributed by atoms with Crippen LogP contribution in [-0.4, -0.2) is 28.4 Å². The van der Waals surface area contributed by atoms with Gasteiger partial charge in [0.2, 0.25) is 0 Å². The molecule has 0 saturated carbocycles. The normalized spacial score (nSPS) is 17.0. The van der Waals surface area contributed by atoms with Crippen molar-refractivity contribution in [2.75, 3.05) is 6.61 Å². The molecule has 0 fully saturated rings. The van der Waals surface area contributed by atoms with Gasteiger partial charge in [-0.3, -0.25) is 4.68 Å². The molecule has 0 spiro atoms. The molecule has 1 N–H and O–H groups in total. The van der Waals surface area contributed by atoms with Gasteiger partial charge in [-0.25, -0.2) is 4.79 Å². The van der Waals surface area contributed by atoms with Crippen molar-refractivity contribution in [3.8, 4) is 0 Å². The zero-order valence-corrected chi connectivity index (χ0v) is 14.6. The summed E-state index contributed by atoms with van der Waals surface area (Å²) in [5, 5.41) is 7.55. The molecular formula is C18H20F3N3O2. The number of nitrogens with one attached hydrogen (secondary N) is 1. The molecule has 2 heterocycles. The van der Waals surface area contributed by atoms with E-state index in [-0.39, 0.29) is 30.5 Å². The minimum absolute atomic E-state index is 0.0514. The summed E-state index contributed by atoms with van der Waals surface area (Å²) in [6, 6.07) is 5.57. The first kappa shape index (κ1) is 18.4. The Hall–Kier alpha value is -2.35. The highest BCUT2D eigenvalue weighted by Gasteiger charge is 2.34. The summed E-state index contributed by atoms with van der Waals surface area (Å²) in [6.45, 7) is 4.27. The number of esters is 1. The lowest BCUT2D eigenvalue weighted by Gasteiger charge is -2.22. The lowest BCUT2D eigenvalue weighted by molar-refractivity contribution is -0.138. The summed E-state index contributed by atoms with van der Waals surface area (Å²) in [7, 11) is 0. The maximum Gasteiger partial charge on any atom is 0.416 e. The molecule has 8 heteroatoms. The van der Waals surface area contributed by atoms with Crippen molar-refractivity contribution in [3.63, 3.8) is 0 Å². The third-order valence-electron chi connectivity index (χ3n) is 4.40. The number of nitrogens with zero attached hydrogens (tertiary/aromatic N) is 2. The van der Waals surface area contributed by atoms with E-state index in [1.54, 1.807) is 13.0 Å². The highest BCUT2D eigenvalue weighted by molar-refractivity contribution is 5.89. The number of rotatable bonds is 4. The van der Waals surface area contributed by atoms with E-state index >= 15 is 0 Å². The lowest BCUT2D eigenvalue weighted by Crippen LogP contribution is -2.34. The zero-order chi connectivity index (χ0) is 18.9. The van der Waals surface area contributed by atoms with E-state index in [4.69, 9.17) is 4.74 Å². The molecule has 1 aromatic heterocycles. The number of carbonyl (C=O) groups is 1. The summed E-state index contributed by atoms with van der Waals surface area (Å²) in [5.41, 5.74) is 1.07. The number of ether oxygens (including phenoxy) is 1. The molecule has 0 aliphatic carbocycles. The molecule has 1 aliphatic heterocycles. The maximum atomic E-state index is 13.3. The molecule has 0 unspecified atom stereocenters. The molecule has 0 saturated heterocycles. The van der Waals surface area contributed by atoms with Crippen LogP contribution in [0.2, 0.25) is 0 Å². The molecule has 5 nitrogen and oxygen atoms in total. The van der Waals surface area contributed by atoms with Crippen molar-refractivity contribution in [2.24, 2.45) is 0 Å². The summed E-state index contributed by atoms with van der Waals surface area (Å²) < 4.78 is 46.4. The number of carbonyl (C=O) groups excluding carboxylic acids is 1. The van der Waals surface area contributed by atoms with Crippen molar-refractivity contribution in [1.82, 2.24) is 15.1 Å². The Morgan fingerprint density at radius 3 is 2.81 bits per heavy atom. The van der Waals surface area contributed by atoms with Gasteiger partial charge in [0.15, 0.2) is 5.69 Å². The Balaban J connectivity index is 2.03. The predicted molar refractivity (Wildman–Crippen MR) is 88.7 cm³/mol. The number of aromatic nitrogens is 2. The van der Waals surface area contributed by atoms with Crippen LogP contribution in [0.25, 0.3) is 0 Å². The Morgan fingerprint density at radius 1 is 1.38 bits per heavy atom. The van der Waals surface area contributed by atoms with E-state index in [1.807, 2.05) is 6.92 Å². The highest BCUT2D eigenvalue weighted by Crippen LogP contribution is 2.33. The van der Waals surface area contributed by atoms with Crippen molar-refractivity contribution in [2.45, 2.75) is 45.6 Å². The SMILES string of the molecule is CCOC(=O)c1nn(Cc2ccccc2C(F)(F)F)c2c1CN[C@H](C)C2. The van der Waals surface area contributed by atoms with Gasteiger partial charge in [-0.15, -0.1) is 0 Å². The lowest BCUT2D eigenvalue weighted by atomic mass is 10.0. The quantitative estimate of drug-likeness (QED) is 0.844. The van der Waals surface area contributed by atoms with Crippen LogP contribution in [0.5, 0.6) is 0 Å². The Labute approximate surface area is 149 Å². The zero-order valence-electron chi connectivity index (χ0n) is 14.6. The summed E-state index contributed by atoms with van der Waals surface area (Å²) in [6.07, 6.45) is -3.86. The van der Waals surface area contributed by atoms with Crippen molar-refractivity contribution in [3.05, 3.63) is 52.3 Å². The molecule has 0 radical (unpaired) electrons. The standard InChI is InChI=1S/C18H20F3N3O2/c1-3-26-17(25)16-13-9-22-11(2)8-15(13)24(23-16)10-12-6-4-5-7-14(12)18(19,20)21/h4-7,11,22H,3,8-10H2,1-2H3/t11-/m1/s1. The monoisotopic (exact) mass is 367 g/mol. The first-order valence-electron chi connectivity index (χ1n) is 8.45. The Bertz CT molecular complexity index is 814. The van der Waals surface area contributed by atoms with E-state index < -0.39 is 17.7 Å². The van der Waals surface area contributed by atoms with Crippen molar-refractivity contribution >= 4 is 5.97 Å². The topological polar surface area (TPSA) is 56.1 Å². The molecule has 0 bridgehead atoms. The predicted octanol–water partition coefficient (Wildman–Crippen LogP) is 3.16. The van der Waals surface area contributed by atoms with Gasteiger partial charge in [0.25, 0.3) is 0 Å². The van der Waals surface area contributed by atoms with Gasteiger partial charge in [0.1, 0.15) is 0 Å². The second-order valence-corrected chi connectivity index (χ2v) is 6.29. The molecule has 1 aromatic carbocycles. The van der Waals surface area contributed by atoms with Crippen molar-refractivity contribution < 1.29 is 22.7 Å². The third-order valence-corrected chi connectivity index (χ3v) is 4.40. The third kappa shape index (κ3) is 3.60. The fraction of sp³-hybridized carbons (Fsp3) is 0.444. The number of alkyl halides is 3. The minimum Gasteiger partial charge on any atom is -0.461 e.